The lowest BCUT2D eigenvalue weighted by atomic mass is 10.2. The standard InChI is InChI=1S/C22H26N4O5S2/c1-5-26-20(14-33(28,29)17-9-6-15(2)7-10-17)24-25-22(26)32-13-21(27)23-18-11-8-16(30-3)12-19(18)31-4/h6-12H,5,13-14H2,1-4H3,(H,23,27). The minimum Gasteiger partial charge on any atom is -0.497 e. The summed E-state index contributed by atoms with van der Waals surface area (Å²) in [6, 6.07) is 11.8. The summed E-state index contributed by atoms with van der Waals surface area (Å²) in [4.78, 5) is 12.7. The Morgan fingerprint density at radius 2 is 1.82 bits per heavy atom. The molecular weight excluding hydrogens is 464 g/mol. The van der Waals surface area contributed by atoms with E-state index in [-0.39, 0.29) is 22.3 Å². The molecule has 3 rings (SSSR count). The summed E-state index contributed by atoms with van der Waals surface area (Å²) < 4.78 is 37.7. The number of aryl methyl sites for hydroxylation is 1. The quantitative estimate of drug-likeness (QED) is 0.431. The Labute approximate surface area is 197 Å². The Bertz CT molecular complexity index is 1220. The first kappa shape index (κ1) is 24.6. The van der Waals surface area contributed by atoms with E-state index in [9.17, 15) is 13.2 Å². The largest absolute Gasteiger partial charge is 0.497 e. The highest BCUT2D eigenvalue weighted by atomic mass is 32.2. The fraction of sp³-hybridized carbons (Fsp3) is 0.318. The number of methoxy groups -OCH3 is 2. The van der Waals surface area contributed by atoms with Crippen molar-refractivity contribution in [3.8, 4) is 11.5 Å². The molecule has 0 aliphatic carbocycles. The van der Waals surface area contributed by atoms with E-state index < -0.39 is 9.84 Å². The SMILES string of the molecule is CCn1c(CS(=O)(=O)c2ccc(C)cc2)nnc1SCC(=O)Nc1ccc(OC)cc1OC. The van der Waals surface area contributed by atoms with E-state index in [0.717, 1.165) is 5.56 Å². The third-order valence-electron chi connectivity index (χ3n) is 4.82. The van der Waals surface area contributed by atoms with Gasteiger partial charge in [0, 0.05) is 12.6 Å². The molecule has 2 aromatic carbocycles. The molecule has 33 heavy (non-hydrogen) atoms. The lowest BCUT2D eigenvalue weighted by Crippen LogP contribution is -2.15. The molecule has 0 aliphatic heterocycles. The zero-order valence-corrected chi connectivity index (χ0v) is 20.5. The number of carbonyl (C=O) groups excluding carboxylic acids is 1. The van der Waals surface area contributed by atoms with Gasteiger partial charge in [0.25, 0.3) is 0 Å². The van der Waals surface area contributed by atoms with Gasteiger partial charge in [-0.05, 0) is 38.1 Å². The summed E-state index contributed by atoms with van der Waals surface area (Å²) >= 11 is 1.18. The lowest BCUT2D eigenvalue weighted by Gasteiger charge is -2.12. The lowest BCUT2D eigenvalue weighted by molar-refractivity contribution is -0.113. The summed E-state index contributed by atoms with van der Waals surface area (Å²) in [5.74, 6) is 0.960. The summed E-state index contributed by atoms with van der Waals surface area (Å²) in [7, 11) is -0.512. The van der Waals surface area contributed by atoms with Crippen LogP contribution in [0.1, 0.15) is 18.3 Å². The fourth-order valence-electron chi connectivity index (χ4n) is 3.07. The maximum atomic E-state index is 12.8. The average molecular weight is 491 g/mol. The van der Waals surface area contributed by atoms with Crippen molar-refractivity contribution in [2.45, 2.75) is 36.2 Å². The zero-order valence-electron chi connectivity index (χ0n) is 18.9. The number of hydrogen-bond donors (Lipinski definition) is 1. The number of carbonyl (C=O) groups is 1. The molecule has 0 saturated carbocycles. The fourth-order valence-corrected chi connectivity index (χ4v) is 5.16. The van der Waals surface area contributed by atoms with E-state index in [1.165, 1.54) is 18.9 Å². The molecule has 0 bridgehead atoms. The second-order valence-electron chi connectivity index (χ2n) is 7.12. The van der Waals surface area contributed by atoms with Crippen molar-refractivity contribution in [2.24, 2.45) is 0 Å². The van der Waals surface area contributed by atoms with Crippen LogP contribution in [0.4, 0.5) is 5.69 Å². The maximum absolute atomic E-state index is 12.8. The summed E-state index contributed by atoms with van der Waals surface area (Å²) in [5, 5.41) is 11.4. The molecule has 1 heterocycles. The molecular formula is C22H26N4O5S2. The monoisotopic (exact) mass is 490 g/mol. The van der Waals surface area contributed by atoms with Gasteiger partial charge < -0.3 is 19.4 Å². The number of ether oxygens (including phenoxy) is 2. The van der Waals surface area contributed by atoms with Crippen LogP contribution in [0, 0.1) is 6.92 Å². The first-order chi connectivity index (χ1) is 15.8. The van der Waals surface area contributed by atoms with Gasteiger partial charge in [0.1, 0.15) is 23.1 Å². The molecule has 176 valence electrons. The van der Waals surface area contributed by atoms with E-state index in [4.69, 9.17) is 9.47 Å². The van der Waals surface area contributed by atoms with E-state index in [0.29, 0.717) is 34.7 Å². The summed E-state index contributed by atoms with van der Waals surface area (Å²) in [5.41, 5.74) is 1.50. The molecule has 9 nitrogen and oxygen atoms in total. The van der Waals surface area contributed by atoms with Crippen molar-refractivity contribution < 1.29 is 22.7 Å². The highest BCUT2D eigenvalue weighted by Crippen LogP contribution is 2.29. The number of rotatable bonds is 10. The van der Waals surface area contributed by atoms with Gasteiger partial charge in [-0.2, -0.15) is 0 Å². The minimum atomic E-state index is -3.57. The van der Waals surface area contributed by atoms with Crippen LogP contribution in [0.25, 0.3) is 0 Å². The molecule has 0 spiro atoms. The molecule has 0 saturated heterocycles. The second kappa shape index (κ2) is 10.7. The molecule has 3 aromatic rings. The van der Waals surface area contributed by atoms with E-state index in [2.05, 4.69) is 15.5 Å². The molecule has 0 aliphatic rings. The van der Waals surface area contributed by atoms with E-state index in [1.807, 2.05) is 13.8 Å². The number of nitrogens with zero attached hydrogens (tertiary/aromatic N) is 3. The number of thioether (sulfide) groups is 1. The molecule has 0 radical (unpaired) electrons. The van der Waals surface area contributed by atoms with Crippen molar-refractivity contribution in [2.75, 3.05) is 25.3 Å². The topological polar surface area (TPSA) is 112 Å². The molecule has 0 unspecified atom stereocenters. The predicted octanol–water partition coefficient (Wildman–Crippen LogP) is 3.33. The van der Waals surface area contributed by atoms with Gasteiger partial charge >= 0.3 is 0 Å². The molecule has 11 heteroatoms. The first-order valence-corrected chi connectivity index (χ1v) is 12.8. The first-order valence-electron chi connectivity index (χ1n) is 10.1. The van der Waals surface area contributed by atoms with Crippen molar-refractivity contribution in [3.05, 3.63) is 53.9 Å². The number of amides is 1. The molecule has 1 N–H and O–H groups in total. The third kappa shape index (κ3) is 6.05. The Kier molecular flexibility index (Phi) is 7.98. The second-order valence-corrected chi connectivity index (χ2v) is 10.1. The van der Waals surface area contributed by atoms with Crippen molar-refractivity contribution in [1.82, 2.24) is 14.8 Å². The van der Waals surface area contributed by atoms with Crippen LogP contribution in [0.3, 0.4) is 0 Å². The molecule has 1 amide bonds. The number of sulfone groups is 1. The van der Waals surface area contributed by atoms with Gasteiger partial charge in [0.2, 0.25) is 5.91 Å². The third-order valence-corrected chi connectivity index (χ3v) is 7.42. The average Bonchev–Trinajstić information content (AvgIpc) is 3.18. The molecule has 1 aromatic heterocycles. The molecule has 0 atom stereocenters. The van der Waals surface area contributed by atoms with Crippen LogP contribution < -0.4 is 14.8 Å². The van der Waals surface area contributed by atoms with Crippen LogP contribution in [0.15, 0.2) is 52.5 Å². The number of hydrogen-bond acceptors (Lipinski definition) is 8. The van der Waals surface area contributed by atoms with Crippen LogP contribution in [0.5, 0.6) is 11.5 Å². The van der Waals surface area contributed by atoms with Gasteiger partial charge in [0.15, 0.2) is 15.0 Å². The zero-order chi connectivity index (χ0) is 24.0. The maximum Gasteiger partial charge on any atom is 0.234 e. The van der Waals surface area contributed by atoms with E-state index in [1.54, 1.807) is 54.1 Å². The predicted molar refractivity (Wildman–Crippen MR) is 127 cm³/mol. The van der Waals surface area contributed by atoms with Crippen molar-refractivity contribution >= 4 is 33.2 Å². The summed E-state index contributed by atoms with van der Waals surface area (Å²) in [6.45, 7) is 4.24. The van der Waals surface area contributed by atoms with Crippen LogP contribution >= 0.6 is 11.8 Å². The smallest absolute Gasteiger partial charge is 0.234 e. The van der Waals surface area contributed by atoms with Crippen LogP contribution in [-0.4, -0.2) is 49.1 Å². The van der Waals surface area contributed by atoms with Gasteiger partial charge in [-0.15, -0.1) is 10.2 Å². The van der Waals surface area contributed by atoms with Crippen LogP contribution in [-0.2, 0) is 26.9 Å². The van der Waals surface area contributed by atoms with Gasteiger partial charge in [-0.25, -0.2) is 8.42 Å². The van der Waals surface area contributed by atoms with Crippen molar-refractivity contribution in [1.29, 1.82) is 0 Å². The van der Waals surface area contributed by atoms with Crippen molar-refractivity contribution in [3.63, 3.8) is 0 Å². The Balaban J connectivity index is 1.68. The number of benzene rings is 2. The Hall–Kier alpha value is -3.05. The van der Waals surface area contributed by atoms with Gasteiger partial charge in [-0.3, -0.25) is 4.79 Å². The summed E-state index contributed by atoms with van der Waals surface area (Å²) in [6.07, 6.45) is 0. The Morgan fingerprint density at radius 1 is 1.09 bits per heavy atom. The highest BCUT2D eigenvalue weighted by Gasteiger charge is 2.21. The van der Waals surface area contributed by atoms with Gasteiger partial charge in [-0.1, -0.05) is 29.5 Å². The molecule has 0 fully saturated rings. The minimum absolute atomic E-state index is 0.0675. The number of aromatic nitrogens is 3. The number of anilines is 1. The van der Waals surface area contributed by atoms with E-state index >= 15 is 0 Å². The normalized spacial score (nSPS) is 11.3. The van der Waals surface area contributed by atoms with Crippen LogP contribution in [0.2, 0.25) is 0 Å². The van der Waals surface area contributed by atoms with Gasteiger partial charge in [0.05, 0.1) is 30.6 Å². The highest BCUT2D eigenvalue weighted by molar-refractivity contribution is 7.99. The number of nitrogens with one attached hydrogen (secondary N) is 1. The Morgan fingerprint density at radius 3 is 2.45 bits per heavy atom.